The molecule has 0 atom stereocenters. The first kappa shape index (κ1) is 73.9. The van der Waals surface area contributed by atoms with Gasteiger partial charge in [0.1, 0.15) is 22.3 Å². The third-order valence-corrected chi connectivity index (χ3v) is 24.5. The van der Waals surface area contributed by atoms with Gasteiger partial charge in [-0.05, 0) is 189 Å². The molecule has 0 bridgehead atoms. The SMILES string of the molecule is Brc1ccc(-c2cc(-c3ccccc3)cc(-c3ccccc3)n2)cc1.C.CC1(C)c2ccccc2-c2cc(-c3cccc4c3oc3ccccc34)c(-c3ccc(-c4cc(-c5ccccc5)cc(-c5ccccc5)n4)cc3)cc21.CC1(C)c2ccccc2-c2cc(-c3cccc4c3oc3ccccc34)c(B3OC(C)(C)C(C)(C)O3)cc21. The van der Waals surface area contributed by atoms with Gasteiger partial charge < -0.3 is 18.1 Å². The number of hydrogen-bond acceptors (Lipinski definition) is 6. The third-order valence-electron chi connectivity index (χ3n) is 24.0. The van der Waals surface area contributed by atoms with E-state index in [1.54, 1.807) is 0 Å². The first-order chi connectivity index (χ1) is 55.4. The fourth-order valence-corrected chi connectivity index (χ4v) is 17.5. The third kappa shape index (κ3) is 13.3. The second kappa shape index (κ2) is 29.4. The highest BCUT2D eigenvalue weighted by Gasteiger charge is 2.53. The molecule has 4 aromatic heterocycles. The molecule has 115 heavy (non-hydrogen) atoms. The number of pyridine rings is 2. The van der Waals surface area contributed by atoms with E-state index in [0.717, 1.165) is 127 Å². The number of hydrogen-bond donors (Lipinski definition) is 0. The molecule has 0 N–H and O–H groups in total. The van der Waals surface area contributed by atoms with Gasteiger partial charge in [-0.3, -0.25) is 0 Å². The summed E-state index contributed by atoms with van der Waals surface area (Å²) >= 11 is 3.50. The van der Waals surface area contributed by atoms with E-state index >= 15 is 0 Å². The van der Waals surface area contributed by atoms with Gasteiger partial charge in [-0.15, -0.1) is 0 Å². The summed E-state index contributed by atoms with van der Waals surface area (Å²) in [7, 11) is -0.482. The van der Waals surface area contributed by atoms with Gasteiger partial charge in [0.05, 0.1) is 34.0 Å². The number of para-hydroxylation sites is 4. The number of furan rings is 2. The van der Waals surface area contributed by atoms with E-state index in [1.807, 2.05) is 60.7 Å². The number of fused-ring (bicyclic) bond motifs is 12. The summed E-state index contributed by atoms with van der Waals surface area (Å²) in [6.07, 6.45) is 0. The van der Waals surface area contributed by atoms with E-state index in [1.165, 1.54) is 72.3 Å². The first-order valence-electron chi connectivity index (χ1n) is 39.3. The summed E-state index contributed by atoms with van der Waals surface area (Å²) < 4.78 is 27.4. The Labute approximate surface area is 682 Å². The van der Waals surface area contributed by atoms with Crippen LogP contribution in [0.4, 0.5) is 0 Å². The molecular weight excluding hydrogens is 1470 g/mol. The van der Waals surface area contributed by atoms with Crippen LogP contribution in [-0.2, 0) is 20.1 Å². The normalized spacial score (nSPS) is 14.3. The Bertz CT molecular complexity index is 6590. The minimum Gasteiger partial charge on any atom is -0.455 e. The van der Waals surface area contributed by atoms with Crippen molar-refractivity contribution in [2.75, 3.05) is 0 Å². The molecule has 14 aromatic carbocycles. The zero-order chi connectivity index (χ0) is 77.6. The quantitative estimate of drug-likeness (QED) is 0.127. The lowest BCUT2D eigenvalue weighted by molar-refractivity contribution is 0.00578. The smallest absolute Gasteiger partial charge is 0.455 e. The van der Waals surface area contributed by atoms with Crippen LogP contribution in [0, 0.1) is 0 Å². The average Bonchev–Trinajstić information content (AvgIpc) is 1.56. The molecule has 0 spiro atoms. The van der Waals surface area contributed by atoms with Crippen molar-refractivity contribution in [1.29, 1.82) is 0 Å². The zero-order valence-corrected chi connectivity index (χ0v) is 66.6. The molecule has 6 nitrogen and oxygen atoms in total. The molecule has 1 fully saturated rings. The van der Waals surface area contributed by atoms with Crippen LogP contribution >= 0.6 is 15.9 Å². The van der Waals surface area contributed by atoms with E-state index in [-0.39, 0.29) is 18.3 Å². The van der Waals surface area contributed by atoms with E-state index in [0.29, 0.717) is 0 Å². The fourth-order valence-electron chi connectivity index (χ4n) is 17.2. The lowest BCUT2D eigenvalue weighted by atomic mass is 9.71. The van der Waals surface area contributed by atoms with Crippen molar-refractivity contribution in [1.82, 2.24) is 9.97 Å². The van der Waals surface area contributed by atoms with Crippen molar-refractivity contribution >= 4 is 72.4 Å². The van der Waals surface area contributed by atoms with Crippen molar-refractivity contribution in [3.05, 3.63) is 379 Å². The van der Waals surface area contributed by atoms with E-state index in [2.05, 4.69) is 363 Å². The van der Waals surface area contributed by atoms with Crippen LogP contribution in [0.5, 0.6) is 0 Å². The van der Waals surface area contributed by atoms with Gasteiger partial charge in [-0.2, -0.15) is 0 Å². The van der Waals surface area contributed by atoms with Crippen molar-refractivity contribution < 1.29 is 18.1 Å². The Morgan fingerprint density at radius 2 is 0.591 bits per heavy atom. The van der Waals surface area contributed by atoms with Gasteiger partial charge in [0.15, 0.2) is 0 Å². The Morgan fingerprint density at radius 1 is 0.252 bits per heavy atom. The molecule has 0 unspecified atom stereocenters. The molecule has 8 heteroatoms. The Morgan fingerprint density at radius 3 is 1.04 bits per heavy atom. The first-order valence-corrected chi connectivity index (χ1v) is 40.1. The summed E-state index contributed by atoms with van der Waals surface area (Å²) in [5.41, 5.74) is 33.8. The monoisotopic (exact) mass is 1550 g/mol. The molecule has 18 aromatic rings. The average molecular weight is 1550 g/mol. The zero-order valence-electron chi connectivity index (χ0n) is 65.0. The number of rotatable bonds is 10. The van der Waals surface area contributed by atoms with Gasteiger partial charge in [0.25, 0.3) is 0 Å². The van der Waals surface area contributed by atoms with Crippen molar-refractivity contribution in [2.24, 2.45) is 0 Å². The molecule has 1 saturated heterocycles. The van der Waals surface area contributed by atoms with E-state index in [4.69, 9.17) is 28.1 Å². The summed E-state index contributed by atoms with van der Waals surface area (Å²) in [4.78, 5) is 10.1. The predicted octanol–water partition coefficient (Wildman–Crippen LogP) is 29.0. The number of halogens is 1. The number of nitrogens with zero attached hydrogens (tertiary/aromatic N) is 2. The largest absolute Gasteiger partial charge is 0.495 e. The molecule has 21 rings (SSSR count). The van der Waals surface area contributed by atoms with Crippen LogP contribution in [-0.4, -0.2) is 28.3 Å². The lowest BCUT2D eigenvalue weighted by Crippen LogP contribution is -2.41. The van der Waals surface area contributed by atoms with Gasteiger partial charge >= 0.3 is 7.12 Å². The Hall–Kier alpha value is -12.6. The van der Waals surface area contributed by atoms with E-state index in [9.17, 15) is 0 Å². The molecule has 0 radical (unpaired) electrons. The highest BCUT2D eigenvalue weighted by molar-refractivity contribution is 9.10. The van der Waals surface area contributed by atoms with Crippen LogP contribution in [0.2, 0.25) is 0 Å². The van der Waals surface area contributed by atoms with Crippen LogP contribution in [0.25, 0.3) is 167 Å². The van der Waals surface area contributed by atoms with Crippen molar-refractivity contribution in [2.45, 2.75) is 84.8 Å². The minimum absolute atomic E-state index is 0. The Balaban J connectivity index is 0.000000127. The molecule has 3 aliphatic rings. The van der Waals surface area contributed by atoms with Gasteiger partial charge in [-0.1, -0.05) is 336 Å². The van der Waals surface area contributed by atoms with Crippen molar-refractivity contribution in [3.63, 3.8) is 0 Å². The Kier molecular flexibility index (Phi) is 18.9. The van der Waals surface area contributed by atoms with Gasteiger partial charge in [0, 0.05) is 70.2 Å². The van der Waals surface area contributed by atoms with Crippen LogP contribution < -0.4 is 5.46 Å². The highest BCUT2D eigenvalue weighted by atomic mass is 79.9. The van der Waals surface area contributed by atoms with E-state index < -0.39 is 18.3 Å². The standard InChI is InChI=1S/C50H35NO.C33H31BO3.C23H16BrN.CH4/c1-50(2)44-22-11-9-18-37(44)43-30-42(40-21-13-20-39-38-19-10-12-23-48(38)52-49(39)40)41(31-45(43)50)33-24-26-35(27-25-33)47-29-36(32-14-5-3-6-15-32)28-46(51-47)34-16-7-4-8-17-34;1-31(2)26-16-9-7-12-20(26)24-18-25(28(19-27(24)31)34-36-32(3,4)33(5,6)37-34)23-15-11-14-22-21-13-8-10-17-29(21)35-30(22)23;24-21-13-11-19(12-14-21)23-16-20(17-7-3-1-4-8-17)15-22(25-23)18-9-5-2-6-10-18;/h3-31H,1-2H3;7-19H,1-6H3;1-16H;1H4. The van der Waals surface area contributed by atoms with Crippen molar-refractivity contribution in [3.8, 4) is 123 Å². The predicted molar refractivity (Wildman–Crippen MR) is 484 cm³/mol. The fraction of sp³-hybridized carbons (Fsp3) is 0.121. The second-order valence-corrected chi connectivity index (χ2v) is 33.1. The second-order valence-electron chi connectivity index (χ2n) is 32.2. The van der Waals surface area contributed by atoms with Gasteiger partial charge in [-0.25, -0.2) is 9.97 Å². The van der Waals surface area contributed by atoms with Crippen LogP contribution in [0.3, 0.4) is 0 Å². The summed E-state index contributed by atoms with van der Waals surface area (Å²) in [6, 6.07) is 124. The highest BCUT2D eigenvalue weighted by Crippen LogP contribution is 2.54. The molecule has 1 aliphatic heterocycles. The van der Waals surface area contributed by atoms with Crippen LogP contribution in [0.1, 0.15) is 85.1 Å². The molecule has 0 saturated carbocycles. The molecule has 5 heterocycles. The summed E-state index contributed by atoms with van der Waals surface area (Å²) in [6.45, 7) is 17.8. The van der Waals surface area contributed by atoms with Gasteiger partial charge in [0.2, 0.25) is 0 Å². The summed E-state index contributed by atoms with van der Waals surface area (Å²) in [5, 5.41) is 4.52. The van der Waals surface area contributed by atoms with Crippen LogP contribution in [0.15, 0.2) is 365 Å². The molecule has 558 valence electrons. The molecular formula is C107H86BBrN2O4. The topological polar surface area (TPSA) is 70.5 Å². The maximum absolute atomic E-state index is 6.64. The number of benzene rings is 14. The minimum atomic E-state index is -0.482. The lowest BCUT2D eigenvalue weighted by Gasteiger charge is -2.32. The maximum atomic E-state index is 6.64. The maximum Gasteiger partial charge on any atom is 0.495 e. The molecule has 0 amide bonds. The molecule has 2 aliphatic carbocycles. The number of aromatic nitrogens is 2. The summed E-state index contributed by atoms with van der Waals surface area (Å²) in [5.74, 6) is 0.